The van der Waals surface area contributed by atoms with Crippen LogP contribution in [-0.4, -0.2) is 16.9 Å². The number of non-ortho nitro benzene ring substituents is 1. The summed E-state index contributed by atoms with van der Waals surface area (Å²) in [6.07, 6.45) is 0. The number of para-hydroxylation sites is 1. The van der Waals surface area contributed by atoms with Crippen LogP contribution in [0.25, 0.3) is 0 Å². The van der Waals surface area contributed by atoms with Crippen molar-refractivity contribution in [2.24, 2.45) is 0 Å². The lowest BCUT2D eigenvalue weighted by atomic mass is 10.1. The molecule has 28 heavy (non-hydrogen) atoms. The zero-order valence-electron chi connectivity index (χ0n) is 14.2. The first-order valence-electron chi connectivity index (χ1n) is 7.98. The number of halogens is 1. The van der Waals surface area contributed by atoms with Crippen molar-refractivity contribution in [1.29, 1.82) is 0 Å². The number of hydrogen-bond donors (Lipinski definition) is 0. The number of hydrogen-bond acceptors (Lipinski definition) is 6. The van der Waals surface area contributed by atoms with E-state index >= 15 is 0 Å². The highest BCUT2D eigenvalue weighted by Gasteiger charge is 2.21. The number of esters is 2. The van der Waals surface area contributed by atoms with Gasteiger partial charge >= 0.3 is 11.9 Å². The molecule has 140 valence electrons. The van der Waals surface area contributed by atoms with E-state index in [-0.39, 0.29) is 33.3 Å². The standard InChI is InChI=1S/C20H12ClNO6/c21-17-7-3-4-8-18(17)28-20(24)16-6-2-1-5-15(16)19(23)27-14-11-9-13(10-12-14)22(25)26/h1-12H. The van der Waals surface area contributed by atoms with E-state index in [4.69, 9.17) is 21.1 Å². The molecule has 0 bridgehead atoms. The van der Waals surface area contributed by atoms with Gasteiger partial charge in [-0.2, -0.15) is 0 Å². The molecule has 8 heteroatoms. The Bertz CT molecular complexity index is 1050. The maximum Gasteiger partial charge on any atom is 0.344 e. The van der Waals surface area contributed by atoms with Gasteiger partial charge < -0.3 is 9.47 Å². The van der Waals surface area contributed by atoms with Gasteiger partial charge in [0.25, 0.3) is 5.69 Å². The van der Waals surface area contributed by atoms with Crippen LogP contribution in [0.15, 0.2) is 72.8 Å². The number of carbonyl (C=O) groups excluding carboxylic acids is 2. The largest absolute Gasteiger partial charge is 0.423 e. The fraction of sp³-hybridized carbons (Fsp3) is 0. The van der Waals surface area contributed by atoms with Gasteiger partial charge in [-0.15, -0.1) is 0 Å². The molecule has 0 fully saturated rings. The van der Waals surface area contributed by atoms with E-state index in [1.807, 2.05) is 0 Å². The highest BCUT2D eigenvalue weighted by molar-refractivity contribution is 6.32. The number of ether oxygens (including phenoxy) is 2. The first kappa shape index (κ1) is 19.1. The molecule has 0 heterocycles. The van der Waals surface area contributed by atoms with Crippen LogP contribution in [0.3, 0.4) is 0 Å². The fourth-order valence-electron chi connectivity index (χ4n) is 2.32. The van der Waals surface area contributed by atoms with Crippen LogP contribution < -0.4 is 9.47 Å². The molecule has 0 atom stereocenters. The lowest BCUT2D eigenvalue weighted by Crippen LogP contribution is -2.17. The van der Waals surface area contributed by atoms with Gasteiger partial charge in [-0.25, -0.2) is 9.59 Å². The third kappa shape index (κ3) is 4.33. The third-order valence-corrected chi connectivity index (χ3v) is 3.98. The molecule has 0 aliphatic rings. The Morgan fingerprint density at radius 2 is 1.32 bits per heavy atom. The summed E-state index contributed by atoms with van der Waals surface area (Å²) >= 11 is 5.98. The predicted molar refractivity (Wildman–Crippen MR) is 101 cm³/mol. The van der Waals surface area contributed by atoms with Crippen molar-refractivity contribution >= 4 is 29.2 Å². The second-order valence-electron chi connectivity index (χ2n) is 5.51. The lowest BCUT2D eigenvalue weighted by Gasteiger charge is -2.10. The molecule has 3 aromatic rings. The van der Waals surface area contributed by atoms with E-state index in [2.05, 4.69) is 0 Å². The molecule has 0 spiro atoms. The van der Waals surface area contributed by atoms with Gasteiger partial charge in [0.2, 0.25) is 0 Å². The fourth-order valence-corrected chi connectivity index (χ4v) is 2.49. The van der Waals surface area contributed by atoms with Crippen molar-refractivity contribution in [3.63, 3.8) is 0 Å². The molecule has 3 rings (SSSR count). The number of rotatable bonds is 5. The van der Waals surface area contributed by atoms with E-state index in [0.717, 1.165) is 0 Å². The maximum atomic E-state index is 12.5. The summed E-state index contributed by atoms with van der Waals surface area (Å²) in [4.78, 5) is 35.1. The molecule has 0 unspecified atom stereocenters. The number of nitro benzene ring substituents is 1. The molecule has 0 amide bonds. The van der Waals surface area contributed by atoms with E-state index < -0.39 is 16.9 Å². The van der Waals surface area contributed by atoms with E-state index in [1.165, 1.54) is 42.5 Å². The smallest absolute Gasteiger partial charge is 0.344 e. The third-order valence-electron chi connectivity index (χ3n) is 3.66. The molecule has 3 aromatic carbocycles. The van der Waals surface area contributed by atoms with Crippen LogP contribution in [0, 0.1) is 10.1 Å². The van der Waals surface area contributed by atoms with Gasteiger partial charge in [-0.3, -0.25) is 10.1 Å². The summed E-state index contributed by atoms with van der Waals surface area (Å²) in [5.41, 5.74) is -0.157. The zero-order chi connectivity index (χ0) is 20.1. The molecule has 0 radical (unpaired) electrons. The summed E-state index contributed by atoms with van der Waals surface area (Å²) in [7, 11) is 0. The summed E-state index contributed by atoms with van der Waals surface area (Å²) in [5, 5.41) is 10.9. The zero-order valence-corrected chi connectivity index (χ0v) is 15.0. The van der Waals surface area contributed by atoms with Crippen molar-refractivity contribution in [2.45, 2.75) is 0 Å². The van der Waals surface area contributed by atoms with Crippen LogP contribution in [-0.2, 0) is 0 Å². The van der Waals surface area contributed by atoms with Gasteiger partial charge in [0.05, 0.1) is 21.1 Å². The van der Waals surface area contributed by atoms with Crippen LogP contribution >= 0.6 is 11.6 Å². The maximum absolute atomic E-state index is 12.5. The average molecular weight is 398 g/mol. The number of benzene rings is 3. The van der Waals surface area contributed by atoms with Gasteiger partial charge in [0.15, 0.2) is 0 Å². The first-order valence-corrected chi connectivity index (χ1v) is 8.36. The Labute approximate surface area is 164 Å². The molecular formula is C20H12ClNO6. The van der Waals surface area contributed by atoms with E-state index in [9.17, 15) is 19.7 Å². The van der Waals surface area contributed by atoms with E-state index in [0.29, 0.717) is 0 Å². The van der Waals surface area contributed by atoms with Crippen LogP contribution in [0.2, 0.25) is 5.02 Å². The number of carbonyl (C=O) groups is 2. The van der Waals surface area contributed by atoms with Crippen LogP contribution in [0.5, 0.6) is 11.5 Å². The van der Waals surface area contributed by atoms with Gasteiger partial charge in [0.1, 0.15) is 11.5 Å². The normalized spacial score (nSPS) is 10.2. The van der Waals surface area contributed by atoms with Crippen molar-refractivity contribution in [3.8, 4) is 11.5 Å². The molecular weight excluding hydrogens is 386 g/mol. The summed E-state index contributed by atoms with van der Waals surface area (Å²) in [6.45, 7) is 0. The van der Waals surface area contributed by atoms with Crippen molar-refractivity contribution in [3.05, 3.63) is 99.1 Å². The highest BCUT2D eigenvalue weighted by Crippen LogP contribution is 2.25. The number of nitrogens with zero attached hydrogens (tertiary/aromatic N) is 1. The summed E-state index contributed by atoms with van der Waals surface area (Å²) < 4.78 is 10.5. The minimum atomic E-state index is -0.805. The lowest BCUT2D eigenvalue weighted by molar-refractivity contribution is -0.384. The van der Waals surface area contributed by atoms with Crippen molar-refractivity contribution in [2.75, 3.05) is 0 Å². The minimum absolute atomic E-state index is 0.00525. The minimum Gasteiger partial charge on any atom is -0.423 e. The van der Waals surface area contributed by atoms with Crippen molar-refractivity contribution in [1.82, 2.24) is 0 Å². The molecule has 0 aliphatic heterocycles. The Morgan fingerprint density at radius 3 is 1.89 bits per heavy atom. The molecule has 0 saturated heterocycles. The topological polar surface area (TPSA) is 95.7 Å². The van der Waals surface area contributed by atoms with E-state index in [1.54, 1.807) is 30.3 Å². The quantitative estimate of drug-likeness (QED) is 0.268. The second-order valence-corrected chi connectivity index (χ2v) is 5.91. The monoisotopic (exact) mass is 397 g/mol. The summed E-state index contributed by atoms with van der Waals surface area (Å²) in [5.74, 6) is -1.32. The Hall–Kier alpha value is -3.71. The first-order chi connectivity index (χ1) is 13.5. The molecule has 0 aliphatic carbocycles. The summed E-state index contributed by atoms with van der Waals surface area (Å²) in [6, 6.07) is 17.4. The molecule has 0 saturated carbocycles. The van der Waals surface area contributed by atoms with Crippen LogP contribution in [0.4, 0.5) is 5.69 Å². The molecule has 0 N–H and O–H groups in total. The van der Waals surface area contributed by atoms with Gasteiger partial charge in [-0.05, 0) is 36.4 Å². The Balaban J connectivity index is 1.81. The average Bonchev–Trinajstić information content (AvgIpc) is 2.70. The Morgan fingerprint density at radius 1 is 0.786 bits per heavy atom. The number of nitro groups is 1. The van der Waals surface area contributed by atoms with Crippen LogP contribution in [0.1, 0.15) is 20.7 Å². The Kier molecular flexibility index (Phi) is 5.67. The molecule has 7 nitrogen and oxygen atoms in total. The van der Waals surface area contributed by atoms with Crippen molar-refractivity contribution < 1.29 is 24.0 Å². The molecule has 0 aromatic heterocycles. The van der Waals surface area contributed by atoms with Gasteiger partial charge in [-0.1, -0.05) is 35.9 Å². The SMILES string of the molecule is O=C(Oc1ccc([N+](=O)[O-])cc1)c1ccccc1C(=O)Oc1ccccc1Cl. The second kappa shape index (κ2) is 8.32. The highest BCUT2D eigenvalue weighted by atomic mass is 35.5. The predicted octanol–water partition coefficient (Wildman–Crippen LogP) is 4.69. The van der Waals surface area contributed by atoms with Gasteiger partial charge in [0, 0.05) is 12.1 Å².